The molecule has 1 aliphatic heterocycles. The number of hydrogen-bond acceptors (Lipinski definition) is 7. The van der Waals surface area contributed by atoms with Crippen molar-refractivity contribution in [2.45, 2.75) is 38.6 Å². The number of carbonyl (C=O) groups is 1. The van der Waals surface area contributed by atoms with Gasteiger partial charge in [0.25, 0.3) is 11.5 Å². The molecule has 2 atom stereocenters. The molecule has 1 fully saturated rings. The smallest absolute Gasteiger partial charge is 0.271 e. The number of aromatic hydroxyl groups is 1. The average Bonchev–Trinajstić information content (AvgIpc) is 3.59. The van der Waals surface area contributed by atoms with Gasteiger partial charge in [-0.25, -0.2) is 13.8 Å². The molecule has 1 aliphatic rings. The summed E-state index contributed by atoms with van der Waals surface area (Å²) in [6.45, 7) is 4.20. The highest BCUT2D eigenvalue weighted by atomic mass is 32.1. The Balaban J connectivity index is 1.60. The zero-order valence-corrected chi connectivity index (χ0v) is 23.0. The third kappa shape index (κ3) is 5.08. The maximum Gasteiger partial charge on any atom is 0.271 e. The highest BCUT2D eigenvalue weighted by molar-refractivity contribution is 7.13. The van der Waals surface area contributed by atoms with Gasteiger partial charge in [0.05, 0.1) is 13.2 Å². The number of halogens is 2. The van der Waals surface area contributed by atoms with E-state index in [1.807, 2.05) is 24.3 Å². The van der Waals surface area contributed by atoms with E-state index in [1.165, 1.54) is 20.8 Å². The predicted octanol–water partition coefficient (Wildman–Crippen LogP) is 5.30. The number of benzene rings is 2. The highest BCUT2D eigenvalue weighted by Gasteiger charge is 2.35. The second-order valence-corrected chi connectivity index (χ2v) is 10.6. The molecule has 0 spiro atoms. The average molecular weight is 567 g/mol. The lowest BCUT2D eigenvalue weighted by molar-refractivity contribution is 0.0784. The number of ether oxygens (including phenoxy) is 1. The molecular weight excluding hydrogens is 538 g/mol. The fourth-order valence-corrected chi connectivity index (χ4v) is 6.08. The zero-order chi connectivity index (χ0) is 28.6. The minimum atomic E-state index is -0.878. The topological polar surface area (TPSA) is 97.5 Å². The van der Waals surface area contributed by atoms with E-state index in [-0.39, 0.29) is 23.7 Å². The van der Waals surface area contributed by atoms with Crippen LogP contribution in [0.2, 0.25) is 0 Å². The summed E-state index contributed by atoms with van der Waals surface area (Å²) in [4.78, 5) is 38.0. The van der Waals surface area contributed by atoms with Gasteiger partial charge in [-0.05, 0) is 49.1 Å². The van der Waals surface area contributed by atoms with Crippen LogP contribution in [0.25, 0.3) is 10.8 Å². The summed E-state index contributed by atoms with van der Waals surface area (Å²) in [5.74, 6) is -2.26. The molecule has 208 valence electrons. The van der Waals surface area contributed by atoms with Gasteiger partial charge in [-0.15, -0.1) is 11.3 Å². The lowest BCUT2D eigenvalue weighted by atomic mass is 9.97. The number of rotatable bonds is 7. The van der Waals surface area contributed by atoms with Crippen LogP contribution in [0.15, 0.2) is 52.6 Å². The van der Waals surface area contributed by atoms with Crippen LogP contribution in [-0.4, -0.2) is 50.6 Å². The molecule has 0 saturated carbocycles. The third-order valence-corrected chi connectivity index (χ3v) is 8.10. The van der Waals surface area contributed by atoms with Gasteiger partial charge in [-0.2, -0.15) is 4.98 Å². The lowest BCUT2D eigenvalue weighted by Crippen LogP contribution is -2.38. The zero-order valence-electron chi connectivity index (χ0n) is 22.2. The summed E-state index contributed by atoms with van der Waals surface area (Å²) in [6, 6.07) is 9.73. The van der Waals surface area contributed by atoms with Crippen LogP contribution in [0.5, 0.6) is 11.6 Å². The predicted molar refractivity (Wildman–Crippen MR) is 147 cm³/mol. The van der Waals surface area contributed by atoms with E-state index >= 15 is 0 Å². The minimum Gasteiger partial charge on any atom is -0.496 e. The number of likely N-dealkylation sites (tertiary alicyclic amines) is 1. The SMILES string of the molecule is CC[C@@H](c1cc(F)cc(F)c1)n1c(-c2nc(C)cs2)nc(O)c(C(=O)N2CCC(c3ccccc3OC)C2)c1=O. The molecule has 1 amide bonds. The van der Waals surface area contributed by atoms with Crippen LogP contribution in [0, 0.1) is 18.6 Å². The van der Waals surface area contributed by atoms with Crippen molar-refractivity contribution in [3.05, 3.63) is 92.2 Å². The number of carbonyl (C=O) groups excluding carboxylic acids is 1. The Hall–Kier alpha value is -4.12. The van der Waals surface area contributed by atoms with E-state index in [1.54, 1.807) is 26.3 Å². The molecule has 3 heterocycles. The van der Waals surface area contributed by atoms with Crippen molar-refractivity contribution >= 4 is 17.2 Å². The lowest BCUT2D eigenvalue weighted by Gasteiger charge is -2.24. The second-order valence-electron chi connectivity index (χ2n) is 9.71. The molecule has 2 aromatic heterocycles. The second kappa shape index (κ2) is 11.2. The molecule has 2 aromatic carbocycles. The fourth-order valence-electron chi connectivity index (χ4n) is 5.30. The van der Waals surface area contributed by atoms with Crippen LogP contribution in [-0.2, 0) is 0 Å². The molecule has 40 heavy (non-hydrogen) atoms. The molecule has 8 nitrogen and oxygen atoms in total. The molecule has 1 unspecified atom stereocenters. The Morgan fingerprint density at radius 2 is 1.93 bits per heavy atom. The van der Waals surface area contributed by atoms with Crippen molar-refractivity contribution in [1.29, 1.82) is 0 Å². The third-order valence-electron chi connectivity index (χ3n) is 7.14. The van der Waals surface area contributed by atoms with Crippen LogP contribution < -0.4 is 10.3 Å². The Labute approximate surface area is 233 Å². The minimum absolute atomic E-state index is 0.0157. The molecule has 0 radical (unpaired) electrons. The molecule has 4 aromatic rings. The summed E-state index contributed by atoms with van der Waals surface area (Å²) >= 11 is 1.20. The van der Waals surface area contributed by atoms with Crippen molar-refractivity contribution < 1.29 is 23.4 Å². The van der Waals surface area contributed by atoms with Crippen molar-refractivity contribution in [2.75, 3.05) is 20.2 Å². The summed E-state index contributed by atoms with van der Waals surface area (Å²) < 4.78 is 35.1. The Morgan fingerprint density at radius 1 is 1.20 bits per heavy atom. The molecular formula is C29H28F2N4O4S. The Kier molecular flexibility index (Phi) is 7.66. The first kappa shape index (κ1) is 27.4. The van der Waals surface area contributed by atoms with Gasteiger partial charge >= 0.3 is 0 Å². The maximum absolute atomic E-state index is 14.2. The Bertz CT molecular complexity index is 1620. The van der Waals surface area contributed by atoms with Crippen LogP contribution >= 0.6 is 11.3 Å². The number of nitrogens with zero attached hydrogens (tertiary/aromatic N) is 4. The van der Waals surface area contributed by atoms with E-state index in [4.69, 9.17) is 4.74 Å². The standard InChI is InChI=1S/C29H28F2N4O4S/c1-4-22(18-11-19(30)13-20(31)12-18)35-25(27-32-16(2)15-40-27)33-26(36)24(29(35)38)28(37)34-10-9-17(14-34)21-7-5-6-8-23(21)39-3/h5-8,11-13,15,17,22,36H,4,9-10,14H2,1-3H3/t17?,22-/m0/s1. The number of para-hydroxylation sites is 1. The van der Waals surface area contributed by atoms with E-state index in [2.05, 4.69) is 9.97 Å². The van der Waals surface area contributed by atoms with Crippen molar-refractivity contribution in [2.24, 2.45) is 0 Å². The molecule has 1 N–H and O–H groups in total. The van der Waals surface area contributed by atoms with Gasteiger partial charge in [0.2, 0.25) is 5.88 Å². The maximum atomic E-state index is 14.2. The van der Waals surface area contributed by atoms with E-state index in [0.29, 0.717) is 36.0 Å². The number of hydrogen-bond donors (Lipinski definition) is 1. The number of amides is 1. The van der Waals surface area contributed by atoms with Crippen molar-refractivity contribution in [3.63, 3.8) is 0 Å². The van der Waals surface area contributed by atoms with E-state index < -0.39 is 40.6 Å². The van der Waals surface area contributed by atoms with Gasteiger partial charge in [0, 0.05) is 36.1 Å². The first-order valence-electron chi connectivity index (χ1n) is 12.9. The molecule has 11 heteroatoms. The van der Waals surface area contributed by atoms with Gasteiger partial charge in [0.1, 0.15) is 17.4 Å². The van der Waals surface area contributed by atoms with Crippen LogP contribution in [0.1, 0.15) is 58.9 Å². The molecule has 5 rings (SSSR count). The van der Waals surface area contributed by atoms with Crippen LogP contribution in [0.4, 0.5) is 8.78 Å². The van der Waals surface area contributed by atoms with E-state index in [0.717, 1.165) is 23.8 Å². The quantitative estimate of drug-likeness (QED) is 0.326. The number of aromatic nitrogens is 3. The number of thiazole rings is 1. The van der Waals surface area contributed by atoms with Gasteiger partial charge in [-0.1, -0.05) is 25.1 Å². The number of aryl methyl sites for hydroxylation is 1. The largest absolute Gasteiger partial charge is 0.496 e. The summed E-state index contributed by atoms with van der Waals surface area (Å²) in [6.07, 6.45) is 0.894. The van der Waals surface area contributed by atoms with Gasteiger partial charge in [0.15, 0.2) is 16.4 Å². The molecule has 1 saturated heterocycles. The fraction of sp³-hybridized carbons (Fsp3) is 0.310. The van der Waals surface area contributed by atoms with Crippen LogP contribution in [0.3, 0.4) is 0 Å². The van der Waals surface area contributed by atoms with Crippen molar-refractivity contribution in [3.8, 4) is 22.5 Å². The molecule has 0 bridgehead atoms. The number of methoxy groups -OCH3 is 1. The molecule has 0 aliphatic carbocycles. The van der Waals surface area contributed by atoms with Gasteiger partial charge in [-0.3, -0.25) is 14.2 Å². The highest BCUT2D eigenvalue weighted by Crippen LogP contribution is 2.35. The Morgan fingerprint density at radius 3 is 2.58 bits per heavy atom. The van der Waals surface area contributed by atoms with E-state index in [9.17, 15) is 23.5 Å². The first-order chi connectivity index (χ1) is 19.2. The summed E-state index contributed by atoms with van der Waals surface area (Å²) in [7, 11) is 1.59. The van der Waals surface area contributed by atoms with Gasteiger partial charge < -0.3 is 14.7 Å². The first-order valence-corrected chi connectivity index (χ1v) is 13.8. The summed E-state index contributed by atoms with van der Waals surface area (Å²) in [5.41, 5.74) is 0.518. The monoisotopic (exact) mass is 566 g/mol. The van der Waals surface area contributed by atoms with Crippen molar-refractivity contribution in [1.82, 2.24) is 19.4 Å². The normalized spacial score (nSPS) is 15.8. The summed E-state index contributed by atoms with van der Waals surface area (Å²) in [5, 5.41) is 13.0.